The van der Waals surface area contributed by atoms with Crippen molar-refractivity contribution in [3.63, 3.8) is 0 Å². The highest BCUT2D eigenvalue weighted by Gasteiger charge is 2.20. The quantitative estimate of drug-likeness (QED) is 0.528. The molecule has 162 valence electrons. The van der Waals surface area contributed by atoms with Crippen molar-refractivity contribution < 1.29 is 23.8 Å². The second-order valence-corrected chi connectivity index (χ2v) is 7.37. The molecule has 0 aliphatic carbocycles. The molecule has 0 aliphatic rings. The molecule has 0 fully saturated rings. The fourth-order valence-corrected chi connectivity index (χ4v) is 3.38. The molecule has 1 aromatic heterocycles. The lowest BCUT2D eigenvalue weighted by atomic mass is 9.97. The van der Waals surface area contributed by atoms with E-state index in [0.29, 0.717) is 34.6 Å². The number of nitrogens with zero attached hydrogens (tertiary/aromatic N) is 1. The molecule has 31 heavy (non-hydrogen) atoms. The summed E-state index contributed by atoms with van der Waals surface area (Å²) in [5.41, 5.74) is 6.86. The lowest BCUT2D eigenvalue weighted by Crippen LogP contribution is -2.12. The predicted molar refractivity (Wildman–Crippen MR) is 118 cm³/mol. The van der Waals surface area contributed by atoms with Crippen molar-refractivity contribution in [1.82, 2.24) is 4.98 Å². The van der Waals surface area contributed by atoms with Crippen molar-refractivity contribution in [3.8, 4) is 17.2 Å². The van der Waals surface area contributed by atoms with E-state index in [1.807, 2.05) is 19.9 Å². The number of fused-ring (bicyclic) bond motifs is 1. The number of primary amides is 1. The van der Waals surface area contributed by atoms with Gasteiger partial charge in [-0.1, -0.05) is 12.1 Å². The molecular formula is C24H26N2O5. The summed E-state index contributed by atoms with van der Waals surface area (Å²) in [6.07, 6.45) is 2.18. The van der Waals surface area contributed by atoms with Crippen LogP contribution >= 0.6 is 0 Å². The third-order valence-corrected chi connectivity index (χ3v) is 4.80. The normalized spacial score (nSPS) is 10.9. The number of aryl methyl sites for hydroxylation is 1. The maximum atomic E-state index is 13.4. The number of ketones is 1. The van der Waals surface area contributed by atoms with Crippen LogP contribution in [0.2, 0.25) is 0 Å². The molecule has 2 N–H and O–H groups in total. The van der Waals surface area contributed by atoms with Gasteiger partial charge in [-0.05, 0) is 55.5 Å². The van der Waals surface area contributed by atoms with Crippen LogP contribution in [0.25, 0.3) is 10.8 Å². The molecule has 0 aliphatic heterocycles. The number of amides is 1. The summed E-state index contributed by atoms with van der Waals surface area (Å²) in [7, 11) is 3.07. The van der Waals surface area contributed by atoms with Crippen LogP contribution in [0.1, 0.15) is 41.9 Å². The summed E-state index contributed by atoms with van der Waals surface area (Å²) in [5.74, 6) is 0.966. The Bertz CT molecular complexity index is 1120. The Kier molecular flexibility index (Phi) is 6.74. The van der Waals surface area contributed by atoms with Crippen molar-refractivity contribution >= 4 is 22.5 Å². The fraction of sp³-hybridized carbons (Fsp3) is 0.292. The minimum absolute atomic E-state index is 0.00873. The largest absolute Gasteiger partial charge is 0.493 e. The number of carbonyl (C=O) groups excluding carboxylic acids is 2. The molecule has 0 spiro atoms. The van der Waals surface area contributed by atoms with E-state index in [1.165, 1.54) is 7.11 Å². The van der Waals surface area contributed by atoms with E-state index in [0.717, 1.165) is 10.9 Å². The monoisotopic (exact) mass is 422 g/mol. The first-order valence-electron chi connectivity index (χ1n) is 9.97. The Morgan fingerprint density at radius 2 is 1.71 bits per heavy atom. The standard InChI is InChI=1S/C24H26N2O5/c1-14(2)31-17-7-5-6-15(10-17)24(28)23-19-12-21(30-4)20(29-3)11-18(19)16(13-26-23)8-9-22(25)27/h5-7,10-14H,8-9H2,1-4H3,(H2,25,27). The first-order chi connectivity index (χ1) is 14.8. The third kappa shape index (κ3) is 4.94. The van der Waals surface area contributed by atoms with Gasteiger partial charge in [0.05, 0.1) is 20.3 Å². The van der Waals surface area contributed by atoms with Gasteiger partial charge in [0.15, 0.2) is 11.5 Å². The second-order valence-electron chi connectivity index (χ2n) is 7.37. The van der Waals surface area contributed by atoms with Crippen LogP contribution in [0.15, 0.2) is 42.6 Å². The number of nitrogens with two attached hydrogens (primary N) is 1. The molecule has 7 heteroatoms. The summed E-state index contributed by atoms with van der Waals surface area (Å²) in [6, 6.07) is 10.5. The Morgan fingerprint density at radius 1 is 1.03 bits per heavy atom. The van der Waals surface area contributed by atoms with Crippen LogP contribution in [0.3, 0.4) is 0 Å². The number of hydrogen-bond acceptors (Lipinski definition) is 6. The van der Waals surface area contributed by atoms with E-state index >= 15 is 0 Å². The van der Waals surface area contributed by atoms with Gasteiger partial charge in [-0.3, -0.25) is 14.6 Å². The zero-order valence-electron chi connectivity index (χ0n) is 18.1. The minimum Gasteiger partial charge on any atom is -0.493 e. The van der Waals surface area contributed by atoms with Crippen molar-refractivity contribution in [1.29, 1.82) is 0 Å². The van der Waals surface area contributed by atoms with E-state index in [4.69, 9.17) is 19.9 Å². The number of rotatable bonds is 9. The molecule has 1 amide bonds. The van der Waals surface area contributed by atoms with Gasteiger partial charge in [-0.2, -0.15) is 0 Å². The summed E-state index contributed by atoms with van der Waals surface area (Å²) in [5, 5.41) is 1.37. The molecular weight excluding hydrogens is 396 g/mol. The number of methoxy groups -OCH3 is 2. The van der Waals surface area contributed by atoms with E-state index < -0.39 is 5.91 Å². The molecule has 0 unspecified atom stereocenters. The number of hydrogen-bond donors (Lipinski definition) is 1. The number of aromatic nitrogens is 1. The molecule has 7 nitrogen and oxygen atoms in total. The minimum atomic E-state index is -0.407. The van der Waals surface area contributed by atoms with Gasteiger partial charge < -0.3 is 19.9 Å². The number of pyridine rings is 1. The van der Waals surface area contributed by atoms with Gasteiger partial charge in [0.25, 0.3) is 0 Å². The Morgan fingerprint density at radius 3 is 2.32 bits per heavy atom. The van der Waals surface area contributed by atoms with Gasteiger partial charge in [0.1, 0.15) is 11.4 Å². The van der Waals surface area contributed by atoms with Gasteiger partial charge >= 0.3 is 0 Å². The number of ether oxygens (including phenoxy) is 3. The van der Waals surface area contributed by atoms with Crippen LogP contribution in [0, 0.1) is 0 Å². The maximum absolute atomic E-state index is 13.4. The Balaban J connectivity index is 2.14. The first kappa shape index (κ1) is 22.1. The molecule has 0 atom stereocenters. The molecule has 1 heterocycles. The Hall–Kier alpha value is -3.61. The topological polar surface area (TPSA) is 101 Å². The summed E-state index contributed by atoms with van der Waals surface area (Å²) < 4.78 is 16.6. The average molecular weight is 422 g/mol. The summed E-state index contributed by atoms with van der Waals surface area (Å²) in [4.78, 5) is 29.1. The summed E-state index contributed by atoms with van der Waals surface area (Å²) in [6.45, 7) is 3.85. The van der Waals surface area contributed by atoms with Gasteiger partial charge in [-0.25, -0.2) is 0 Å². The van der Waals surface area contributed by atoms with Gasteiger partial charge in [0, 0.05) is 23.6 Å². The molecule has 2 aromatic carbocycles. The maximum Gasteiger partial charge on any atom is 0.217 e. The van der Waals surface area contributed by atoms with E-state index in [1.54, 1.807) is 43.6 Å². The molecule has 3 aromatic rings. The highest BCUT2D eigenvalue weighted by molar-refractivity contribution is 6.15. The third-order valence-electron chi connectivity index (χ3n) is 4.80. The van der Waals surface area contributed by atoms with Crippen molar-refractivity contribution in [3.05, 3.63) is 59.4 Å². The van der Waals surface area contributed by atoms with Crippen molar-refractivity contribution in [2.45, 2.75) is 32.8 Å². The highest BCUT2D eigenvalue weighted by Crippen LogP contribution is 2.35. The number of carbonyl (C=O) groups is 2. The van der Waals surface area contributed by atoms with Crippen LogP contribution in [-0.4, -0.2) is 37.0 Å². The second kappa shape index (κ2) is 9.47. The van der Waals surface area contributed by atoms with E-state index in [2.05, 4.69) is 4.98 Å². The SMILES string of the molecule is COc1cc2c(CCC(N)=O)cnc(C(=O)c3cccc(OC(C)C)c3)c2cc1OC. The highest BCUT2D eigenvalue weighted by atomic mass is 16.5. The molecule has 0 saturated carbocycles. The predicted octanol–water partition coefficient (Wildman–Crippen LogP) is 3.69. The zero-order valence-corrected chi connectivity index (χ0v) is 18.1. The Labute approximate surface area is 181 Å². The fourth-order valence-electron chi connectivity index (χ4n) is 3.38. The van der Waals surface area contributed by atoms with Crippen LogP contribution in [0.4, 0.5) is 0 Å². The first-order valence-corrected chi connectivity index (χ1v) is 9.97. The molecule has 0 saturated heterocycles. The lowest BCUT2D eigenvalue weighted by Gasteiger charge is -2.15. The van der Waals surface area contributed by atoms with Gasteiger partial charge in [0.2, 0.25) is 11.7 Å². The van der Waals surface area contributed by atoms with Crippen molar-refractivity contribution in [2.75, 3.05) is 14.2 Å². The molecule has 0 radical (unpaired) electrons. The van der Waals surface area contributed by atoms with Gasteiger partial charge in [-0.15, -0.1) is 0 Å². The average Bonchev–Trinajstić information content (AvgIpc) is 2.75. The number of benzene rings is 2. The van der Waals surface area contributed by atoms with E-state index in [9.17, 15) is 9.59 Å². The van der Waals surface area contributed by atoms with Crippen LogP contribution < -0.4 is 19.9 Å². The molecule has 3 rings (SSSR count). The smallest absolute Gasteiger partial charge is 0.217 e. The van der Waals surface area contributed by atoms with Crippen LogP contribution in [0.5, 0.6) is 17.2 Å². The molecule has 0 bridgehead atoms. The van der Waals surface area contributed by atoms with Crippen LogP contribution in [-0.2, 0) is 11.2 Å². The lowest BCUT2D eigenvalue weighted by molar-refractivity contribution is -0.117. The summed E-state index contributed by atoms with van der Waals surface area (Å²) >= 11 is 0. The zero-order chi connectivity index (χ0) is 22.5. The van der Waals surface area contributed by atoms with E-state index in [-0.39, 0.29) is 24.0 Å². The van der Waals surface area contributed by atoms with Crippen molar-refractivity contribution in [2.24, 2.45) is 5.73 Å².